The van der Waals surface area contributed by atoms with E-state index in [-0.39, 0.29) is 23.6 Å². The van der Waals surface area contributed by atoms with Crippen molar-refractivity contribution in [3.05, 3.63) is 67.1 Å². The molecular weight excluding hydrogens is 324 g/mol. The average molecular weight is 340 g/mol. The standard InChI is InChI=1S/C17H16N4O4/c1-10-14(11(2)19-17(23)15(10)9-18)7-8-16(22)20-12-3-5-13(6-4-12)21(24)25/h3-6H,7-8H2,1-2H3,(H,19,23)(H,20,22). The lowest BCUT2D eigenvalue weighted by Crippen LogP contribution is -2.18. The van der Waals surface area contributed by atoms with Gasteiger partial charge >= 0.3 is 0 Å². The van der Waals surface area contributed by atoms with Gasteiger partial charge in [0.05, 0.1) is 4.92 Å². The summed E-state index contributed by atoms with van der Waals surface area (Å²) in [6.07, 6.45) is 0.511. The molecule has 0 atom stereocenters. The Labute approximate surface area is 143 Å². The van der Waals surface area contributed by atoms with Crippen molar-refractivity contribution in [2.75, 3.05) is 5.32 Å². The molecule has 2 N–H and O–H groups in total. The van der Waals surface area contributed by atoms with Gasteiger partial charge in [-0.1, -0.05) is 0 Å². The molecule has 0 fully saturated rings. The summed E-state index contributed by atoms with van der Waals surface area (Å²) in [7, 11) is 0. The molecule has 1 aromatic heterocycles. The number of benzene rings is 1. The van der Waals surface area contributed by atoms with Crippen molar-refractivity contribution in [1.82, 2.24) is 4.98 Å². The van der Waals surface area contributed by atoms with E-state index in [4.69, 9.17) is 5.26 Å². The molecule has 0 bridgehead atoms. The van der Waals surface area contributed by atoms with Gasteiger partial charge in [0.25, 0.3) is 11.2 Å². The Morgan fingerprint density at radius 3 is 2.52 bits per heavy atom. The normalized spacial score (nSPS) is 10.1. The molecule has 1 aromatic carbocycles. The molecule has 0 aliphatic rings. The van der Waals surface area contributed by atoms with Crippen molar-refractivity contribution in [2.45, 2.75) is 26.7 Å². The molecule has 0 aliphatic heterocycles. The summed E-state index contributed by atoms with van der Waals surface area (Å²) in [5.74, 6) is -0.266. The van der Waals surface area contributed by atoms with Crippen LogP contribution in [0.1, 0.15) is 28.8 Å². The number of non-ortho nitro benzene ring substituents is 1. The number of nitriles is 1. The van der Waals surface area contributed by atoms with Gasteiger partial charge in [-0.2, -0.15) is 5.26 Å². The summed E-state index contributed by atoms with van der Waals surface area (Å²) in [5, 5.41) is 22.3. The maximum absolute atomic E-state index is 12.1. The number of carbonyl (C=O) groups is 1. The fourth-order valence-electron chi connectivity index (χ4n) is 2.55. The van der Waals surface area contributed by atoms with Crippen LogP contribution in [0.3, 0.4) is 0 Å². The number of H-pyrrole nitrogens is 1. The summed E-state index contributed by atoms with van der Waals surface area (Å²) >= 11 is 0. The molecule has 0 radical (unpaired) electrons. The highest BCUT2D eigenvalue weighted by atomic mass is 16.6. The molecule has 0 aliphatic carbocycles. The predicted octanol–water partition coefficient (Wildman–Crippen LogP) is 2.34. The third-order valence-electron chi connectivity index (χ3n) is 3.88. The van der Waals surface area contributed by atoms with Crippen LogP contribution in [0.4, 0.5) is 11.4 Å². The van der Waals surface area contributed by atoms with Crippen LogP contribution in [0.15, 0.2) is 29.1 Å². The molecule has 0 saturated heterocycles. The van der Waals surface area contributed by atoms with Crippen LogP contribution in [0.5, 0.6) is 0 Å². The highest BCUT2D eigenvalue weighted by Crippen LogP contribution is 2.17. The third-order valence-corrected chi connectivity index (χ3v) is 3.88. The minimum atomic E-state index is -0.514. The number of anilines is 1. The number of hydrogen-bond donors (Lipinski definition) is 2. The first kappa shape index (κ1) is 17.9. The number of aromatic amines is 1. The van der Waals surface area contributed by atoms with E-state index in [1.165, 1.54) is 24.3 Å². The van der Waals surface area contributed by atoms with Gasteiger partial charge in [0.2, 0.25) is 5.91 Å². The summed E-state index contributed by atoms with van der Waals surface area (Å²) < 4.78 is 0. The number of carbonyl (C=O) groups excluding carboxylic acids is 1. The lowest BCUT2D eigenvalue weighted by atomic mass is 9.99. The van der Waals surface area contributed by atoms with Crippen LogP contribution >= 0.6 is 0 Å². The first-order chi connectivity index (χ1) is 11.8. The summed E-state index contributed by atoms with van der Waals surface area (Å²) in [6, 6.07) is 7.41. The smallest absolute Gasteiger partial charge is 0.269 e. The first-order valence-corrected chi connectivity index (χ1v) is 7.50. The number of aryl methyl sites for hydroxylation is 1. The van der Waals surface area contributed by atoms with E-state index in [0.29, 0.717) is 23.4 Å². The van der Waals surface area contributed by atoms with Crippen molar-refractivity contribution in [2.24, 2.45) is 0 Å². The number of nitrogens with zero attached hydrogens (tertiary/aromatic N) is 2. The number of nitro groups is 1. The minimum Gasteiger partial charge on any atom is -0.326 e. The number of hydrogen-bond acceptors (Lipinski definition) is 5. The molecule has 8 nitrogen and oxygen atoms in total. The number of nitrogens with one attached hydrogen (secondary N) is 2. The van der Waals surface area contributed by atoms with Gasteiger partial charge in [-0.3, -0.25) is 19.7 Å². The second-order valence-electron chi connectivity index (χ2n) is 5.52. The van der Waals surface area contributed by atoms with Gasteiger partial charge in [0.15, 0.2) is 0 Å². The van der Waals surface area contributed by atoms with E-state index >= 15 is 0 Å². The molecule has 2 aromatic rings. The highest BCUT2D eigenvalue weighted by Gasteiger charge is 2.13. The van der Waals surface area contributed by atoms with E-state index in [1.54, 1.807) is 13.8 Å². The fourth-order valence-corrected chi connectivity index (χ4v) is 2.55. The van der Waals surface area contributed by atoms with Crippen molar-refractivity contribution < 1.29 is 9.72 Å². The minimum absolute atomic E-state index is 0.0522. The number of rotatable bonds is 5. The molecule has 128 valence electrons. The Bertz CT molecular complexity index is 923. The summed E-state index contributed by atoms with van der Waals surface area (Å²) in [6.45, 7) is 3.41. The van der Waals surface area contributed by atoms with E-state index in [2.05, 4.69) is 10.3 Å². The number of aromatic nitrogens is 1. The topological polar surface area (TPSA) is 129 Å². The van der Waals surface area contributed by atoms with E-state index in [1.807, 2.05) is 6.07 Å². The van der Waals surface area contributed by atoms with Gasteiger partial charge in [-0.25, -0.2) is 0 Å². The first-order valence-electron chi connectivity index (χ1n) is 7.50. The molecule has 0 spiro atoms. The largest absolute Gasteiger partial charge is 0.326 e. The van der Waals surface area contributed by atoms with Crippen LogP contribution in [-0.2, 0) is 11.2 Å². The SMILES string of the molecule is Cc1[nH]c(=O)c(C#N)c(C)c1CCC(=O)Nc1ccc([N+](=O)[O-])cc1. The van der Waals surface area contributed by atoms with E-state index in [9.17, 15) is 19.7 Å². The molecule has 8 heteroatoms. The van der Waals surface area contributed by atoms with Crippen molar-refractivity contribution in [3.63, 3.8) is 0 Å². The van der Waals surface area contributed by atoms with Crippen LogP contribution in [0.2, 0.25) is 0 Å². The Kier molecular flexibility index (Phi) is 5.29. The van der Waals surface area contributed by atoms with Crippen LogP contribution < -0.4 is 10.9 Å². The lowest BCUT2D eigenvalue weighted by molar-refractivity contribution is -0.384. The summed E-state index contributed by atoms with van der Waals surface area (Å²) in [5.41, 5.74) is 1.99. The van der Waals surface area contributed by atoms with Crippen LogP contribution in [0, 0.1) is 35.3 Å². The number of nitro benzene ring substituents is 1. The van der Waals surface area contributed by atoms with E-state index < -0.39 is 10.5 Å². The quantitative estimate of drug-likeness (QED) is 0.637. The lowest BCUT2D eigenvalue weighted by Gasteiger charge is -2.11. The maximum atomic E-state index is 12.1. The molecule has 1 amide bonds. The monoisotopic (exact) mass is 340 g/mol. The zero-order valence-corrected chi connectivity index (χ0v) is 13.8. The molecule has 2 rings (SSSR count). The molecule has 0 saturated carbocycles. The second kappa shape index (κ2) is 7.40. The van der Waals surface area contributed by atoms with Gasteiger partial charge in [0.1, 0.15) is 11.6 Å². The number of amides is 1. The maximum Gasteiger partial charge on any atom is 0.269 e. The molecule has 1 heterocycles. The predicted molar refractivity (Wildman–Crippen MR) is 91.3 cm³/mol. The van der Waals surface area contributed by atoms with Gasteiger partial charge in [-0.15, -0.1) is 0 Å². The zero-order valence-electron chi connectivity index (χ0n) is 13.8. The molecule has 0 unspecified atom stereocenters. The molecular formula is C17H16N4O4. The highest BCUT2D eigenvalue weighted by molar-refractivity contribution is 5.91. The molecule has 25 heavy (non-hydrogen) atoms. The average Bonchev–Trinajstić information content (AvgIpc) is 2.55. The second-order valence-corrected chi connectivity index (χ2v) is 5.52. The van der Waals surface area contributed by atoms with Crippen molar-refractivity contribution in [3.8, 4) is 6.07 Å². The van der Waals surface area contributed by atoms with Gasteiger partial charge < -0.3 is 10.3 Å². The van der Waals surface area contributed by atoms with Gasteiger partial charge in [0, 0.05) is 29.9 Å². The Hall–Kier alpha value is -3.47. The van der Waals surface area contributed by atoms with Crippen LogP contribution in [0.25, 0.3) is 0 Å². The van der Waals surface area contributed by atoms with Crippen molar-refractivity contribution in [1.29, 1.82) is 5.26 Å². The third kappa shape index (κ3) is 4.09. The summed E-state index contributed by atoms with van der Waals surface area (Å²) in [4.78, 5) is 36.5. The van der Waals surface area contributed by atoms with Crippen LogP contribution in [-0.4, -0.2) is 15.8 Å². The Balaban J connectivity index is 2.07. The Morgan fingerprint density at radius 2 is 1.96 bits per heavy atom. The van der Waals surface area contributed by atoms with Gasteiger partial charge in [-0.05, 0) is 43.5 Å². The number of pyridine rings is 1. The van der Waals surface area contributed by atoms with E-state index in [0.717, 1.165) is 5.56 Å². The van der Waals surface area contributed by atoms with Crippen molar-refractivity contribution >= 4 is 17.3 Å². The Morgan fingerprint density at radius 1 is 1.32 bits per heavy atom. The fraction of sp³-hybridized carbons (Fsp3) is 0.235. The zero-order chi connectivity index (χ0) is 18.6.